The summed E-state index contributed by atoms with van der Waals surface area (Å²) in [5.74, 6) is -0.963. The Hall–Kier alpha value is -4.26. The lowest BCUT2D eigenvalue weighted by atomic mass is 10.1. The van der Waals surface area contributed by atoms with E-state index in [-0.39, 0.29) is 5.56 Å². The van der Waals surface area contributed by atoms with Crippen LogP contribution >= 0.6 is 0 Å². The van der Waals surface area contributed by atoms with Crippen molar-refractivity contribution >= 4 is 17.9 Å². The first-order chi connectivity index (χ1) is 14.2. The first kappa shape index (κ1) is 18.1. The lowest BCUT2D eigenvalue weighted by molar-refractivity contribution is 0.0697. The molecule has 29 heavy (non-hydrogen) atoms. The number of carboxylic acids is 1. The Bertz CT molecular complexity index is 1140. The van der Waals surface area contributed by atoms with Gasteiger partial charge in [0, 0.05) is 29.7 Å². The van der Waals surface area contributed by atoms with E-state index in [1.165, 1.54) is 12.1 Å². The Morgan fingerprint density at radius 2 is 1.83 bits per heavy atom. The molecule has 0 fully saturated rings. The first-order valence-corrected chi connectivity index (χ1v) is 8.88. The maximum atomic E-state index is 10.9. The molecule has 0 amide bonds. The largest absolute Gasteiger partial charge is 0.478 e. The van der Waals surface area contributed by atoms with Crippen LogP contribution in [0.25, 0.3) is 16.9 Å². The highest BCUT2D eigenvalue weighted by atomic mass is 16.4. The summed E-state index contributed by atoms with van der Waals surface area (Å²) in [6.07, 6.45) is 7.05. The molecule has 0 spiro atoms. The zero-order valence-electron chi connectivity index (χ0n) is 15.3. The molecule has 0 radical (unpaired) electrons. The fourth-order valence-electron chi connectivity index (χ4n) is 2.79. The van der Waals surface area contributed by atoms with Gasteiger partial charge in [0.25, 0.3) is 0 Å². The number of carboxylic acid groups (broad SMARTS) is 1. The maximum absolute atomic E-state index is 10.9. The molecule has 0 unspecified atom stereocenters. The van der Waals surface area contributed by atoms with Gasteiger partial charge in [0.05, 0.1) is 23.2 Å². The van der Waals surface area contributed by atoms with Gasteiger partial charge in [-0.25, -0.2) is 9.48 Å². The third-order valence-electron chi connectivity index (χ3n) is 4.23. The number of hydrogen-bond donors (Lipinski definition) is 2. The van der Waals surface area contributed by atoms with Crippen molar-refractivity contribution in [3.8, 4) is 16.9 Å². The number of aromatic nitrogens is 3. The molecule has 0 atom stereocenters. The minimum atomic E-state index is -0.963. The van der Waals surface area contributed by atoms with Crippen LogP contribution in [0.15, 0.2) is 90.4 Å². The Morgan fingerprint density at radius 3 is 2.52 bits per heavy atom. The van der Waals surface area contributed by atoms with Gasteiger partial charge in [0.2, 0.25) is 0 Å². The summed E-state index contributed by atoms with van der Waals surface area (Å²) in [4.78, 5) is 15.1. The van der Waals surface area contributed by atoms with Gasteiger partial charge < -0.3 is 5.11 Å². The molecule has 142 valence electrons. The molecular formula is C22H17N5O2. The van der Waals surface area contributed by atoms with Gasteiger partial charge in [-0.3, -0.25) is 10.4 Å². The summed E-state index contributed by atoms with van der Waals surface area (Å²) < 4.78 is 1.80. The molecule has 7 heteroatoms. The third kappa shape index (κ3) is 4.19. The summed E-state index contributed by atoms with van der Waals surface area (Å²) >= 11 is 0. The smallest absolute Gasteiger partial charge is 0.335 e. The van der Waals surface area contributed by atoms with Crippen molar-refractivity contribution in [2.75, 3.05) is 5.43 Å². The topological polar surface area (TPSA) is 92.4 Å². The van der Waals surface area contributed by atoms with Gasteiger partial charge in [0.15, 0.2) is 0 Å². The number of nitrogens with one attached hydrogen (secondary N) is 1. The molecule has 0 saturated carbocycles. The van der Waals surface area contributed by atoms with Crippen LogP contribution in [-0.2, 0) is 0 Å². The van der Waals surface area contributed by atoms with Gasteiger partial charge in [-0.05, 0) is 48.5 Å². The predicted octanol–water partition coefficient (Wildman–Crippen LogP) is 4.08. The summed E-state index contributed by atoms with van der Waals surface area (Å²) in [6.45, 7) is 0. The number of rotatable bonds is 6. The monoisotopic (exact) mass is 383 g/mol. The SMILES string of the molecule is O=C(O)c1ccc(N/N=C\c2cn(-c3ccccc3)nc2-c2cccnc2)cc1. The summed E-state index contributed by atoms with van der Waals surface area (Å²) in [7, 11) is 0. The molecule has 4 aromatic rings. The van der Waals surface area contributed by atoms with Crippen LogP contribution < -0.4 is 5.43 Å². The number of aromatic carboxylic acids is 1. The minimum absolute atomic E-state index is 0.225. The minimum Gasteiger partial charge on any atom is -0.478 e. The van der Waals surface area contributed by atoms with E-state index in [0.29, 0.717) is 5.69 Å². The Kier molecular flexibility index (Phi) is 5.11. The molecule has 7 nitrogen and oxygen atoms in total. The van der Waals surface area contributed by atoms with Crippen molar-refractivity contribution in [2.24, 2.45) is 5.10 Å². The molecule has 0 aliphatic carbocycles. The van der Waals surface area contributed by atoms with Crippen LogP contribution in [0.2, 0.25) is 0 Å². The van der Waals surface area contributed by atoms with E-state index in [4.69, 9.17) is 10.2 Å². The molecular weight excluding hydrogens is 366 g/mol. The molecule has 0 bridgehead atoms. The van der Waals surface area contributed by atoms with Gasteiger partial charge in [-0.1, -0.05) is 18.2 Å². The van der Waals surface area contributed by atoms with E-state index in [1.54, 1.807) is 35.4 Å². The lowest BCUT2D eigenvalue weighted by Gasteiger charge is -2.01. The number of carbonyl (C=O) groups is 1. The van der Waals surface area contributed by atoms with E-state index >= 15 is 0 Å². The van der Waals surface area contributed by atoms with Gasteiger partial charge >= 0.3 is 5.97 Å². The van der Waals surface area contributed by atoms with Gasteiger partial charge in [-0.15, -0.1) is 0 Å². The number of hydrazone groups is 1. The molecule has 2 aromatic carbocycles. The molecule has 2 heterocycles. The second-order valence-electron chi connectivity index (χ2n) is 6.21. The first-order valence-electron chi connectivity index (χ1n) is 8.88. The standard InChI is InChI=1S/C22H17N5O2/c28-22(29)16-8-10-19(11-9-16)25-24-14-18-15-27(20-6-2-1-3-7-20)26-21(18)17-5-4-12-23-13-17/h1-15,25H,(H,28,29)/b24-14-. The second kappa shape index (κ2) is 8.18. The molecule has 0 aliphatic heterocycles. The average molecular weight is 383 g/mol. The average Bonchev–Trinajstić information content (AvgIpc) is 3.19. The van der Waals surface area contributed by atoms with E-state index in [9.17, 15) is 4.79 Å². The van der Waals surface area contributed by atoms with Crippen molar-refractivity contribution in [3.63, 3.8) is 0 Å². The van der Waals surface area contributed by atoms with Crippen molar-refractivity contribution in [3.05, 3.63) is 96.4 Å². The Morgan fingerprint density at radius 1 is 1.03 bits per heavy atom. The highest BCUT2D eigenvalue weighted by Crippen LogP contribution is 2.22. The van der Waals surface area contributed by atoms with Crippen molar-refractivity contribution in [2.45, 2.75) is 0 Å². The maximum Gasteiger partial charge on any atom is 0.335 e. The van der Waals surface area contributed by atoms with Crippen LogP contribution in [0.1, 0.15) is 15.9 Å². The zero-order valence-corrected chi connectivity index (χ0v) is 15.3. The van der Waals surface area contributed by atoms with Crippen molar-refractivity contribution in [1.29, 1.82) is 0 Å². The number of benzene rings is 2. The Labute approximate surface area is 167 Å². The van der Waals surface area contributed by atoms with Crippen LogP contribution in [0.4, 0.5) is 5.69 Å². The second-order valence-corrected chi connectivity index (χ2v) is 6.21. The highest BCUT2D eigenvalue weighted by Gasteiger charge is 2.11. The van der Waals surface area contributed by atoms with Crippen LogP contribution in [-0.4, -0.2) is 32.1 Å². The van der Waals surface area contributed by atoms with E-state index < -0.39 is 5.97 Å². The molecule has 2 aromatic heterocycles. The summed E-state index contributed by atoms with van der Waals surface area (Å²) in [6, 6.07) is 20.0. The van der Waals surface area contributed by atoms with Gasteiger partial charge in [-0.2, -0.15) is 10.2 Å². The normalized spacial score (nSPS) is 10.9. The summed E-state index contributed by atoms with van der Waals surface area (Å²) in [5, 5.41) is 18.0. The number of anilines is 1. The van der Waals surface area contributed by atoms with Crippen molar-refractivity contribution in [1.82, 2.24) is 14.8 Å². The number of para-hydroxylation sites is 1. The Balaban J connectivity index is 1.62. The fraction of sp³-hybridized carbons (Fsp3) is 0. The number of hydrogen-bond acceptors (Lipinski definition) is 5. The van der Waals surface area contributed by atoms with E-state index in [0.717, 1.165) is 22.5 Å². The quantitative estimate of drug-likeness (QED) is 0.387. The van der Waals surface area contributed by atoms with Crippen LogP contribution in [0.3, 0.4) is 0 Å². The zero-order chi connectivity index (χ0) is 20.1. The predicted molar refractivity (Wildman–Crippen MR) is 111 cm³/mol. The van der Waals surface area contributed by atoms with E-state index in [1.807, 2.05) is 48.7 Å². The van der Waals surface area contributed by atoms with Gasteiger partial charge in [0.1, 0.15) is 5.69 Å². The number of pyridine rings is 1. The highest BCUT2D eigenvalue weighted by molar-refractivity contribution is 5.89. The van der Waals surface area contributed by atoms with Crippen LogP contribution in [0, 0.1) is 0 Å². The molecule has 4 rings (SSSR count). The van der Waals surface area contributed by atoms with Crippen molar-refractivity contribution < 1.29 is 9.90 Å². The molecule has 2 N–H and O–H groups in total. The fourth-order valence-corrected chi connectivity index (χ4v) is 2.79. The summed E-state index contributed by atoms with van der Waals surface area (Å²) in [5.41, 5.74) is 7.22. The van der Waals surface area contributed by atoms with Crippen LogP contribution in [0.5, 0.6) is 0 Å². The van der Waals surface area contributed by atoms with E-state index in [2.05, 4.69) is 15.5 Å². The molecule has 0 saturated heterocycles. The third-order valence-corrected chi connectivity index (χ3v) is 4.23. The number of nitrogens with zero attached hydrogens (tertiary/aromatic N) is 4. The lowest BCUT2D eigenvalue weighted by Crippen LogP contribution is -1.96. The molecule has 0 aliphatic rings.